The van der Waals surface area contributed by atoms with Crippen LogP contribution in [0.5, 0.6) is 0 Å². The van der Waals surface area contributed by atoms with Crippen LogP contribution in [0.4, 0.5) is 4.79 Å². The quantitative estimate of drug-likeness (QED) is 0.205. The number of piperidine rings is 1. The van der Waals surface area contributed by atoms with E-state index < -0.39 is 35.8 Å². The van der Waals surface area contributed by atoms with Crippen LogP contribution < -0.4 is 16.0 Å². The zero-order valence-electron chi connectivity index (χ0n) is 26.3. The Labute approximate surface area is 266 Å². The van der Waals surface area contributed by atoms with Crippen molar-refractivity contribution < 1.29 is 23.9 Å². The normalized spacial score (nSPS) is 18.8. The average molecular weight is 615 g/mol. The summed E-state index contributed by atoms with van der Waals surface area (Å²) < 4.78 is 5.33. The van der Waals surface area contributed by atoms with Crippen LogP contribution in [0.3, 0.4) is 0 Å². The van der Waals surface area contributed by atoms with Crippen molar-refractivity contribution in [2.24, 2.45) is 17.8 Å². The number of allylic oxidation sites excluding steroid dienone is 3. The molecular weight excluding hydrogens is 568 g/mol. The fraction of sp³-hybridized carbons (Fsp3) is 0.444. The van der Waals surface area contributed by atoms with Gasteiger partial charge in [-0.1, -0.05) is 98.8 Å². The second-order valence-electron chi connectivity index (χ2n) is 12.3. The van der Waals surface area contributed by atoms with Gasteiger partial charge in [0.25, 0.3) is 5.91 Å². The van der Waals surface area contributed by atoms with E-state index in [4.69, 9.17) is 4.74 Å². The van der Waals surface area contributed by atoms with Crippen LogP contribution in [0.25, 0.3) is 0 Å². The molecule has 1 aliphatic heterocycles. The van der Waals surface area contributed by atoms with Gasteiger partial charge in [-0.25, -0.2) is 4.79 Å². The van der Waals surface area contributed by atoms with E-state index in [1.807, 2.05) is 74.5 Å². The molecule has 4 atom stereocenters. The molecule has 3 N–H and O–H groups in total. The molecule has 4 unspecified atom stereocenters. The molecule has 45 heavy (non-hydrogen) atoms. The van der Waals surface area contributed by atoms with E-state index in [9.17, 15) is 19.2 Å². The molecule has 2 aliphatic rings. The standard InChI is InChI=1S/C36H46N4O5/c1-26(2)22-32(39-36(44)45-25-28-14-7-4-8-15-28)34(42)38-31(23-27-12-5-3-6-13-27)33(41)35(43)37-19-11-20-40-21-18-29-16-9-10-17-30(29)24-40/h3-10,12-17,26,29-32H,11,18-25H2,1-2H3,(H,37,43)(H,38,42)(H,39,44). The van der Waals surface area contributed by atoms with Crippen molar-refractivity contribution in [3.8, 4) is 0 Å². The molecule has 1 fully saturated rings. The Balaban J connectivity index is 1.32. The number of benzene rings is 2. The first-order valence-corrected chi connectivity index (χ1v) is 16.0. The number of fused-ring (bicyclic) bond motifs is 1. The first kappa shape index (κ1) is 33.6. The SMILES string of the molecule is CC(C)CC(NC(=O)OCc1ccccc1)C(=O)NC(Cc1ccccc1)C(=O)C(=O)NCCCN1CCC2C=CC=CC2C1. The summed E-state index contributed by atoms with van der Waals surface area (Å²) in [7, 11) is 0. The van der Waals surface area contributed by atoms with E-state index in [1.54, 1.807) is 0 Å². The van der Waals surface area contributed by atoms with Crippen molar-refractivity contribution in [1.82, 2.24) is 20.9 Å². The number of likely N-dealkylation sites (tertiary alicyclic amines) is 1. The van der Waals surface area contributed by atoms with Gasteiger partial charge in [0.1, 0.15) is 18.7 Å². The summed E-state index contributed by atoms with van der Waals surface area (Å²) in [5.41, 5.74) is 1.62. The third-order valence-corrected chi connectivity index (χ3v) is 8.23. The number of carbonyl (C=O) groups is 4. The summed E-state index contributed by atoms with van der Waals surface area (Å²) in [4.78, 5) is 54.9. The topological polar surface area (TPSA) is 117 Å². The second kappa shape index (κ2) is 17.3. The highest BCUT2D eigenvalue weighted by Crippen LogP contribution is 2.28. The smallest absolute Gasteiger partial charge is 0.408 e. The maximum atomic E-state index is 13.5. The zero-order valence-corrected chi connectivity index (χ0v) is 26.3. The van der Waals surface area contributed by atoms with E-state index in [0.717, 1.165) is 43.6 Å². The lowest BCUT2D eigenvalue weighted by molar-refractivity contribution is -0.140. The Bertz CT molecular complexity index is 1330. The molecule has 1 aliphatic carbocycles. The van der Waals surface area contributed by atoms with Crippen LogP contribution in [0, 0.1) is 17.8 Å². The Morgan fingerprint density at radius 3 is 2.22 bits per heavy atom. The molecule has 240 valence electrons. The molecule has 4 rings (SSSR count). The van der Waals surface area contributed by atoms with E-state index in [0.29, 0.717) is 24.8 Å². The highest BCUT2D eigenvalue weighted by atomic mass is 16.5. The molecule has 1 saturated heterocycles. The number of hydrogen-bond donors (Lipinski definition) is 3. The minimum Gasteiger partial charge on any atom is -0.445 e. The third kappa shape index (κ3) is 11.0. The number of alkyl carbamates (subject to hydrolysis) is 1. The fourth-order valence-corrected chi connectivity index (χ4v) is 5.82. The molecule has 2 aromatic rings. The number of nitrogens with zero attached hydrogens (tertiary/aromatic N) is 1. The van der Waals surface area contributed by atoms with Crippen molar-refractivity contribution in [2.45, 2.75) is 58.2 Å². The van der Waals surface area contributed by atoms with E-state index >= 15 is 0 Å². The summed E-state index contributed by atoms with van der Waals surface area (Å²) >= 11 is 0. The molecule has 9 heteroatoms. The lowest BCUT2D eigenvalue weighted by atomic mass is 9.82. The number of ketones is 1. The van der Waals surface area contributed by atoms with Crippen molar-refractivity contribution in [3.05, 3.63) is 96.1 Å². The fourth-order valence-electron chi connectivity index (χ4n) is 5.82. The molecule has 0 spiro atoms. The second-order valence-corrected chi connectivity index (χ2v) is 12.3. The summed E-state index contributed by atoms with van der Waals surface area (Å²) in [5, 5.41) is 8.17. The number of rotatable bonds is 15. The predicted molar refractivity (Wildman–Crippen MR) is 174 cm³/mol. The van der Waals surface area contributed by atoms with Crippen LogP contribution >= 0.6 is 0 Å². The summed E-state index contributed by atoms with van der Waals surface area (Å²) in [6, 6.07) is 16.4. The minimum atomic E-state index is -1.10. The molecule has 0 bridgehead atoms. The molecule has 3 amide bonds. The van der Waals surface area contributed by atoms with E-state index in [2.05, 4.69) is 45.2 Å². The van der Waals surface area contributed by atoms with Gasteiger partial charge in [0, 0.05) is 19.5 Å². The largest absolute Gasteiger partial charge is 0.445 e. The highest BCUT2D eigenvalue weighted by molar-refractivity contribution is 6.38. The lowest BCUT2D eigenvalue weighted by Crippen LogP contribution is -2.55. The maximum Gasteiger partial charge on any atom is 0.408 e. The minimum absolute atomic E-state index is 0.0607. The molecule has 1 heterocycles. The maximum absolute atomic E-state index is 13.5. The molecule has 2 aromatic carbocycles. The Morgan fingerprint density at radius 1 is 0.867 bits per heavy atom. The summed E-state index contributed by atoms with van der Waals surface area (Å²) in [6.07, 6.45) is 10.4. The number of Topliss-reactive ketones (excluding diaryl/α,β-unsaturated/α-hetero) is 1. The van der Waals surface area contributed by atoms with Crippen LogP contribution in [0.15, 0.2) is 85.0 Å². The highest BCUT2D eigenvalue weighted by Gasteiger charge is 2.31. The Morgan fingerprint density at radius 2 is 1.53 bits per heavy atom. The number of carbonyl (C=O) groups excluding carboxylic acids is 4. The number of nitrogens with one attached hydrogen (secondary N) is 3. The van der Waals surface area contributed by atoms with Crippen LogP contribution in [-0.2, 0) is 32.1 Å². The molecular formula is C36H46N4O5. The van der Waals surface area contributed by atoms with E-state index in [-0.39, 0.29) is 18.9 Å². The molecule has 0 saturated carbocycles. The van der Waals surface area contributed by atoms with Crippen molar-refractivity contribution in [3.63, 3.8) is 0 Å². The number of ether oxygens (including phenoxy) is 1. The van der Waals surface area contributed by atoms with Gasteiger partial charge in [-0.3, -0.25) is 14.4 Å². The number of hydrogen-bond acceptors (Lipinski definition) is 6. The predicted octanol–water partition coefficient (Wildman–Crippen LogP) is 4.19. The lowest BCUT2D eigenvalue weighted by Gasteiger charge is -2.37. The van der Waals surface area contributed by atoms with Crippen LogP contribution in [0.1, 0.15) is 44.2 Å². The average Bonchev–Trinajstić information content (AvgIpc) is 3.05. The Hall–Kier alpha value is -4.24. The van der Waals surface area contributed by atoms with Crippen molar-refractivity contribution >= 4 is 23.7 Å². The number of amides is 3. The van der Waals surface area contributed by atoms with Gasteiger partial charge in [0.05, 0.1) is 0 Å². The monoisotopic (exact) mass is 614 g/mol. The summed E-state index contributed by atoms with van der Waals surface area (Å²) in [6.45, 7) is 7.14. The Kier molecular flexibility index (Phi) is 12.9. The van der Waals surface area contributed by atoms with Gasteiger partial charge in [0.2, 0.25) is 11.7 Å². The van der Waals surface area contributed by atoms with Crippen LogP contribution in [-0.4, -0.2) is 66.9 Å². The molecule has 0 aromatic heterocycles. The van der Waals surface area contributed by atoms with Crippen molar-refractivity contribution in [2.75, 3.05) is 26.2 Å². The molecule has 9 nitrogen and oxygen atoms in total. The first-order valence-electron chi connectivity index (χ1n) is 16.0. The van der Waals surface area contributed by atoms with Gasteiger partial charge in [0.15, 0.2) is 0 Å². The van der Waals surface area contributed by atoms with Gasteiger partial charge in [-0.15, -0.1) is 0 Å². The van der Waals surface area contributed by atoms with Crippen LogP contribution in [0.2, 0.25) is 0 Å². The van der Waals surface area contributed by atoms with E-state index in [1.165, 1.54) is 0 Å². The summed E-state index contributed by atoms with van der Waals surface area (Å²) in [5.74, 6) is -0.791. The van der Waals surface area contributed by atoms with Gasteiger partial charge < -0.3 is 25.6 Å². The van der Waals surface area contributed by atoms with Crippen molar-refractivity contribution in [1.29, 1.82) is 0 Å². The van der Waals surface area contributed by atoms with Gasteiger partial charge in [-0.05, 0) is 61.2 Å². The third-order valence-electron chi connectivity index (χ3n) is 8.23. The zero-order chi connectivity index (χ0) is 32.0. The first-order chi connectivity index (χ1) is 21.8. The van der Waals surface area contributed by atoms with Gasteiger partial charge in [-0.2, -0.15) is 0 Å². The molecule has 0 radical (unpaired) electrons. The van der Waals surface area contributed by atoms with Gasteiger partial charge >= 0.3 is 6.09 Å².